The summed E-state index contributed by atoms with van der Waals surface area (Å²) in [6, 6.07) is 8.96. The van der Waals surface area contributed by atoms with Crippen molar-refractivity contribution >= 4 is 23.1 Å². The molecule has 0 atom stereocenters. The van der Waals surface area contributed by atoms with E-state index in [0.717, 1.165) is 34.5 Å². The van der Waals surface area contributed by atoms with E-state index in [2.05, 4.69) is 25.8 Å². The molecule has 0 saturated heterocycles. The van der Waals surface area contributed by atoms with Crippen LogP contribution >= 0.6 is 0 Å². The number of nitrogens with zero attached hydrogens (tertiary/aromatic N) is 3. The number of halogens is 3. The van der Waals surface area contributed by atoms with Gasteiger partial charge in [-0.1, -0.05) is 23.8 Å². The fourth-order valence-corrected chi connectivity index (χ4v) is 2.83. The first-order chi connectivity index (χ1) is 12.7. The molecule has 2 N–H and O–H groups in total. The maximum absolute atomic E-state index is 12.8. The van der Waals surface area contributed by atoms with Crippen LogP contribution in [0, 0.1) is 20.8 Å². The molecule has 0 unspecified atom stereocenters. The van der Waals surface area contributed by atoms with E-state index in [1.165, 1.54) is 18.3 Å². The summed E-state index contributed by atoms with van der Waals surface area (Å²) in [5, 5.41) is 13.8. The molecule has 3 rings (SSSR count). The van der Waals surface area contributed by atoms with Crippen LogP contribution in [0.3, 0.4) is 0 Å². The SMILES string of the molecule is Cc1cc(C)c(Nc2nncc(Nc3cccc(C(F)(F)F)c3)n2)c(C)c1. The van der Waals surface area contributed by atoms with Crippen molar-refractivity contribution in [2.75, 3.05) is 10.6 Å². The van der Waals surface area contributed by atoms with Gasteiger partial charge in [-0.25, -0.2) is 0 Å². The van der Waals surface area contributed by atoms with E-state index in [1.54, 1.807) is 0 Å². The lowest BCUT2D eigenvalue weighted by Gasteiger charge is -2.13. The second-order valence-corrected chi connectivity index (χ2v) is 6.27. The smallest absolute Gasteiger partial charge is 0.339 e. The number of rotatable bonds is 4. The Labute approximate surface area is 154 Å². The maximum Gasteiger partial charge on any atom is 0.416 e. The number of aryl methyl sites for hydroxylation is 3. The topological polar surface area (TPSA) is 62.7 Å². The number of hydrogen-bond acceptors (Lipinski definition) is 5. The van der Waals surface area contributed by atoms with Gasteiger partial charge >= 0.3 is 6.18 Å². The summed E-state index contributed by atoms with van der Waals surface area (Å²) in [6.45, 7) is 5.96. The van der Waals surface area contributed by atoms with Gasteiger partial charge in [0.15, 0.2) is 5.82 Å². The van der Waals surface area contributed by atoms with Crippen LogP contribution in [0.1, 0.15) is 22.3 Å². The van der Waals surface area contributed by atoms with Gasteiger partial charge in [0.05, 0.1) is 11.8 Å². The standard InChI is InChI=1S/C19H18F3N5/c1-11-7-12(2)17(13(3)8-11)26-18-25-16(10-23-27-18)24-15-6-4-5-14(9-15)19(20,21)22/h4-10H,1-3H3,(H2,24,25,26,27). The highest BCUT2D eigenvalue weighted by Gasteiger charge is 2.30. The fraction of sp³-hybridized carbons (Fsp3) is 0.211. The van der Waals surface area contributed by atoms with Gasteiger partial charge in [0, 0.05) is 11.4 Å². The minimum absolute atomic E-state index is 0.252. The van der Waals surface area contributed by atoms with E-state index in [0.29, 0.717) is 0 Å². The highest BCUT2D eigenvalue weighted by molar-refractivity contribution is 5.65. The Morgan fingerprint density at radius 1 is 0.926 bits per heavy atom. The van der Waals surface area contributed by atoms with Gasteiger partial charge in [-0.15, -0.1) is 5.10 Å². The van der Waals surface area contributed by atoms with Crippen molar-refractivity contribution in [1.82, 2.24) is 15.2 Å². The van der Waals surface area contributed by atoms with Crippen molar-refractivity contribution in [1.29, 1.82) is 0 Å². The quantitative estimate of drug-likeness (QED) is 0.649. The van der Waals surface area contributed by atoms with Crippen molar-refractivity contribution < 1.29 is 13.2 Å². The summed E-state index contributed by atoms with van der Waals surface area (Å²) in [5.41, 5.74) is 3.62. The zero-order valence-electron chi connectivity index (χ0n) is 15.0. The molecule has 0 aliphatic rings. The lowest BCUT2D eigenvalue weighted by Crippen LogP contribution is -2.06. The third-order valence-electron chi connectivity index (χ3n) is 3.93. The molecule has 27 heavy (non-hydrogen) atoms. The van der Waals surface area contributed by atoms with E-state index < -0.39 is 11.7 Å². The minimum atomic E-state index is -4.41. The summed E-state index contributed by atoms with van der Waals surface area (Å²) in [4.78, 5) is 4.28. The van der Waals surface area contributed by atoms with Gasteiger partial charge in [-0.2, -0.15) is 23.3 Å². The van der Waals surface area contributed by atoms with Crippen LogP contribution in [0.2, 0.25) is 0 Å². The first-order valence-corrected chi connectivity index (χ1v) is 8.21. The number of nitrogens with one attached hydrogen (secondary N) is 2. The van der Waals surface area contributed by atoms with Crippen LogP contribution in [0.15, 0.2) is 42.6 Å². The molecule has 0 spiro atoms. The largest absolute Gasteiger partial charge is 0.416 e. The van der Waals surface area contributed by atoms with Crippen molar-refractivity contribution in [3.63, 3.8) is 0 Å². The van der Waals surface area contributed by atoms with Crippen LogP contribution in [0.25, 0.3) is 0 Å². The Hall–Kier alpha value is -3.16. The number of anilines is 4. The third kappa shape index (κ3) is 4.52. The summed E-state index contributed by atoms with van der Waals surface area (Å²) in [5.74, 6) is 0.538. The van der Waals surface area contributed by atoms with Gasteiger partial charge in [-0.3, -0.25) is 0 Å². The summed E-state index contributed by atoms with van der Waals surface area (Å²) >= 11 is 0. The van der Waals surface area contributed by atoms with E-state index in [4.69, 9.17) is 0 Å². The molecule has 3 aromatic rings. The zero-order valence-corrected chi connectivity index (χ0v) is 15.0. The van der Waals surface area contributed by atoms with E-state index in [-0.39, 0.29) is 17.5 Å². The second kappa shape index (κ2) is 7.22. The summed E-state index contributed by atoms with van der Waals surface area (Å²) in [6.07, 6.45) is -3.06. The van der Waals surface area contributed by atoms with Crippen LogP contribution < -0.4 is 10.6 Å². The number of aromatic nitrogens is 3. The molecule has 0 radical (unpaired) electrons. The molecule has 5 nitrogen and oxygen atoms in total. The molecule has 1 heterocycles. The molecule has 0 amide bonds. The molecule has 0 aliphatic carbocycles. The third-order valence-corrected chi connectivity index (χ3v) is 3.93. The van der Waals surface area contributed by atoms with Crippen LogP contribution in [-0.2, 0) is 6.18 Å². The molecule has 1 aromatic heterocycles. The molecule has 0 aliphatic heterocycles. The van der Waals surface area contributed by atoms with Crippen molar-refractivity contribution in [3.8, 4) is 0 Å². The van der Waals surface area contributed by atoms with Crippen molar-refractivity contribution in [2.45, 2.75) is 26.9 Å². The van der Waals surface area contributed by atoms with Gasteiger partial charge in [0.1, 0.15) is 0 Å². The Morgan fingerprint density at radius 2 is 1.63 bits per heavy atom. The normalized spacial score (nSPS) is 11.3. The van der Waals surface area contributed by atoms with Gasteiger partial charge in [0.2, 0.25) is 5.95 Å². The molecule has 140 valence electrons. The summed E-state index contributed by atoms with van der Waals surface area (Å²) < 4.78 is 38.5. The summed E-state index contributed by atoms with van der Waals surface area (Å²) in [7, 11) is 0. The lowest BCUT2D eigenvalue weighted by atomic mass is 10.1. The highest BCUT2D eigenvalue weighted by Crippen LogP contribution is 2.31. The predicted molar refractivity (Wildman–Crippen MR) is 98.5 cm³/mol. The first kappa shape index (κ1) is 18.6. The van der Waals surface area contributed by atoms with Crippen molar-refractivity contribution in [3.05, 3.63) is 64.8 Å². The predicted octanol–water partition coefficient (Wildman–Crippen LogP) is 5.30. The average Bonchev–Trinajstić information content (AvgIpc) is 2.58. The Kier molecular flexibility index (Phi) is 4.98. The molecular formula is C19H18F3N5. The monoisotopic (exact) mass is 373 g/mol. The van der Waals surface area contributed by atoms with Crippen LogP contribution in [0.4, 0.5) is 36.3 Å². The Morgan fingerprint density at radius 3 is 2.30 bits per heavy atom. The highest BCUT2D eigenvalue weighted by atomic mass is 19.4. The number of benzene rings is 2. The molecular weight excluding hydrogens is 355 g/mol. The molecule has 8 heteroatoms. The Bertz CT molecular complexity index is 947. The first-order valence-electron chi connectivity index (χ1n) is 8.21. The minimum Gasteiger partial charge on any atom is -0.339 e. The van der Waals surface area contributed by atoms with Crippen LogP contribution in [0.5, 0.6) is 0 Å². The number of hydrogen-bond donors (Lipinski definition) is 2. The average molecular weight is 373 g/mol. The fourth-order valence-electron chi connectivity index (χ4n) is 2.83. The van der Waals surface area contributed by atoms with E-state index >= 15 is 0 Å². The molecule has 0 fully saturated rings. The van der Waals surface area contributed by atoms with E-state index in [1.807, 2.05) is 32.9 Å². The molecule has 0 saturated carbocycles. The lowest BCUT2D eigenvalue weighted by molar-refractivity contribution is -0.137. The van der Waals surface area contributed by atoms with Crippen LogP contribution in [-0.4, -0.2) is 15.2 Å². The zero-order chi connectivity index (χ0) is 19.6. The molecule has 2 aromatic carbocycles. The van der Waals surface area contributed by atoms with E-state index in [9.17, 15) is 13.2 Å². The van der Waals surface area contributed by atoms with Crippen molar-refractivity contribution in [2.24, 2.45) is 0 Å². The second-order valence-electron chi connectivity index (χ2n) is 6.27. The number of alkyl halides is 3. The Balaban J connectivity index is 1.83. The molecule has 0 bridgehead atoms. The van der Waals surface area contributed by atoms with Gasteiger partial charge < -0.3 is 10.6 Å². The maximum atomic E-state index is 12.8. The van der Waals surface area contributed by atoms with Gasteiger partial charge in [0.25, 0.3) is 0 Å². The van der Waals surface area contributed by atoms with Gasteiger partial charge in [-0.05, 0) is 50.1 Å².